The molecule has 96 valence electrons. The summed E-state index contributed by atoms with van der Waals surface area (Å²) in [4.78, 5) is 0. The van der Waals surface area contributed by atoms with Crippen molar-refractivity contribution < 1.29 is 0 Å². The molecule has 0 bridgehead atoms. The molecule has 0 saturated carbocycles. The highest BCUT2D eigenvalue weighted by Crippen LogP contribution is 2.19. The number of aromatic nitrogens is 1. The molecule has 0 amide bonds. The summed E-state index contributed by atoms with van der Waals surface area (Å²) in [5, 5.41) is 1.29. The van der Waals surface area contributed by atoms with E-state index in [9.17, 15) is 0 Å². The Labute approximate surface area is 113 Å². The molecule has 2 aromatic carbocycles. The topological polar surface area (TPSA) is 30.9 Å². The van der Waals surface area contributed by atoms with Crippen molar-refractivity contribution >= 4 is 10.9 Å². The zero-order valence-electron chi connectivity index (χ0n) is 11.1. The van der Waals surface area contributed by atoms with Crippen molar-refractivity contribution in [1.29, 1.82) is 0 Å². The molecule has 2 heteroatoms. The van der Waals surface area contributed by atoms with Crippen molar-refractivity contribution in [2.24, 2.45) is 5.73 Å². The summed E-state index contributed by atoms with van der Waals surface area (Å²) in [6.45, 7) is 3.60. The third-order valence-electron chi connectivity index (χ3n) is 3.61. The Bertz CT molecular complexity index is 710. The molecule has 0 aliphatic carbocycles. The Balaban J connectivity index is 2.03. The van der Waals surface area contributed by atoms with Crippen LogP contribution in [0.15, 0.2) is 54.7 Å². The molecule has 0 spiro atoms. The van der Waals surface area contributed by atoms with Crippen LogP contribution in [0.2, 0.25) is 0 Å². The first-order chi connectivity index (χ1) is 9.28. The lowest BCUT2D eigenvalue weighted by molar-refractivity contribution is 0.820. The maximum Gasteiger partial charge on any atom is 0.0486 e. The highest BCUT2D eigenvalue weighted by molar-refractivity contribution is 5.80. The number of hydrogen-bond acceptors (Lipinski definition) is 1. The average molecular weight is 250 g/mol. The summed E-state index contributed by atoms with van der Waals surface area (Å²) in [7, 11) is 0. The largest absolute Gasteiger partial charge is 0.343 e. The fraction of sp³-hybridized carbons (Fsp3) is 0.176. The molecule has 0 unspecified atom stereocenters. The Kier molecular flexibility index (Phi) is 3.10. The summed E-state index contributed by atoms with van der Waals surface area (Å²) >= 11 is 0. The minimum Gasteiger partial charge on any atom is -0.343 e. The van der Waals surface area contributed by atoms with Gasteiger partial charge in [0.1, 0.15) is 0 Å². The van der Waals surface area contributed by atoms with Crippen LogP contribution in [0.5, 0.6) is 0 Å². The Morgan fingerprint density at radius 1 is 1.00 bits per heavy atom. The van der Waals surface area contributed by atoms with Gasteiger partial charge < -0.3 is 10.3 Å². The van der Waals surface area contributed by atoms with Gasteiger partial charge in [0.05, 0.1) is 0 Å². The molecule has 2 N–H and O–H groups in total. The molecular formula is C17H18N2. The lowest BCUT2D eigenvalue weighted by atomic mass is 10.1. The van der Waals surface area contributed by atoms with E-state index in [0.29, 0.717) is 6.54 Å². The van der Waals surface area contributed by atoms with Gasteiger partial charge in [-0.15, -0.1) is 0 Å². The third kappa shape index (κ3) is 2.27. The number of nitrogens with two attached hydrogens (primary N) is 1. The summed E-state index contributed by atoms with van der Waals surface area (Å²) < 4.78 is 2.29. The molecule has 2 nitrogen and oxygen atoms in total. The van der Waals surface area contributed by atoms with Gasteiger partial charge in [0.15, 0.2) is 0 Å². The molecule has 3 aromatic rings. The van der Waals surface area contributed by atoms with E-state index in [1.165, 1.54) is 27.6 Å². The molecule has 1 heterocycles. The van der Waals surface area contributed by atoms with Gasteiger partial charge in [-0.25, -0.2) is 0 Å². The standard InChI is InChI=1S/C17H18N2/c1-13-6-7-14-8-9-19(17(14)10-13)12-16-5-3-2-4-15(16)11-18/h2-10H,11-12,18H2,1H3. The van der Waals surface area contributed by atoms with E-state index in [0.717, 1.165) is 6.54 Å². The molecule has 0 saturated heterocycles. The van der Waals surface area contributed by atoms with Crippen LogP contribution in [0.25, 0.3) is 10.9 Å². The van der Waals surface area contributed by atoms with Crippen molar-refractivity contribution in [1.82, 2.24) is 4.57 Å². The van der Waals surface area contributed by atoms with Crippen molar-refractivity contribution in [2.45, 2.75) is 20.0 Å². The zero-order valence-corrected chi connectivity index (χ0v) is 11.1. The normalized spacial score (nSPS) is 11.1. The van der Waals surface area contributed by atoms with Gasteiger partial charge in [-0.3, -0.25) is 0 Å². The Morgan fingerprint density at radius 2 is 1.79 bits per heavy atom. The highest BCUT2D eigenvalue weighted by Gasteiger charge is 2.04. The number of hydrogen-bond donors (Lipinski definition) is 1. The van der Waals surface area contributed by atoms with Crippen LogP contribution in [0.1, 0.15) is 16.7 Å². The number of benzene rings is 2. The Hall–Kier alpha value is -2.06. The van der Waals surface area contributed by atoms with Crippen molar-refractivity contribution in [3.05, 3.63) is 71.4 Å². The molecule has 0 fully saturated rings. The van der Waals surface area contributed by atoms with Gasteiger partial charge in [-0.05, 0) is 41.1 Å². The highest BCUT2D eigenvalue weighted by atomic mass is 14.9. The first-order valence-corrected chi connectivity index (χ1v) is 6.60. The zero-order chi connectivity index (χ0) is 13.2. The van der Waals surface area contributed by atoms with Crippen LogP contribution in [0, 0.1) is 6.92 Å². The van der Waals surface area contributed by atoms with E-state index in [2.05, 4.69) is 60.2 Å². The molecule has 0 radical (unpaired) electrons. The van der Waals surface area contributed by atoms with Crippen molar-refractivity contribution in [2.75, 3.05) is 0 Å². The fourth-order valence-electron chi connectivity index (χ4n) is 2.53. The van der Waals surface area contributed by atoms with Gasteiger partial charge in [0.2, 0.25) is 0 Å². The SMILES string of the molecule is Cc1ccc2ccn(Cc3ccccc3CN)c2c1. The first-order valence-electron chi connectivity index (χ1n) is 6.60. The molecule has 0 aliphatic rings. The molecule has 1 aromatic heterocycles. The molecule has 3 rings (SSSR count). The predicted molar refractivity (Wildman–Crippen MR) is 80.1 cm³/mol. The van der Waals surface area contributed by atoms with E-state index in [4.69, 9.17) is 5.73 Å². The lowest BCUT2D eigenvalue weighted by Gasteiger charge is -2.10. The van der Waals surface area contributed by atoms with Crippen LogP contribution in [-0.4, -0.2) is 4.57 Å². The number of nitrogens with zero attached hydrogens (tertiary/aromatic N) is 1. The van der Waals surface area contributed by atoms with Gasteiger partial charge in [-0.1, -0.05) is 36.4 Å². The monoisotopic (exact) mass is 250 g/mol. The van der Waals surface area contributed by atoms with Crippen LogP contribution >= 0.6 is 0 Å². The number of rotatable bonds is 3. The minimum atomic E-state index is 0.592. The van der Waals surface area contributed by atoms with Crippen molar-refractivity contribution in [3.63, 3.8) is 0 Å². The lowest BCUT2D eigenvalue weighted by Crippen LogP contribution is -2.05. The minimum absolute atomic E-state index is 0.592. The Morgan fingerprint density at radius 3 is 2.58 bits per heavy atom. The second-order valence-electron chi connectivity index (χ2n) is 4.98. The molecule has 0 aliphatic heterocycles. The smallest absolute Gasteiger partial charge is 0.0486 e. The predicted octanol–water partition coefficient (Wildman–Crippen LogP) is 3.46. The van der Waals surface area contributed by atoms with Gasteiger partial charge in [0.25, 0.3) is 0 Å². The maximum absolute atomic E-state index is 5.81. The third-order valence-corrected chi connectivity index (χ3v) is 3.61. The van der Waals surface area contributed by atoms with Crippen LogP contribution in [-0.2, 0) is 13.1 Å². The second-order valence-corrected chi connectivity index (χ2v) is 4.98. The summed E-state index contributed by atoms with van der Waals surface area (Å²) in [5.74, 6) is 0. The first kappa shape index (κ1) is 12.0. The summed E-state index contributed by atoms with van der Waals surface area (Å²) in [5.41, 5.74) is 10.9. The number of aryl methyl sites for hydroxylation is 1. The molecule has 19 heavy (non-hydrogen) atoms. The quantitative estimate of drug-likeness (QED) is 0.758. The van der Waals surface area contributed by atoms with Crippen LogP contribution in [0.3, 0.4) is 0 Å². The molecule has 0 atom stereocenters. The summed E-state index contributed by atoms with van der Waals surface area (Å²) in [6.07, 6.45) is 2.15. The second kappa shape index (κ2) is 4.90. The number of fused-ring (bicyclic) bond motifs is 1. The average Bonchev–Trinajstić information content (AvgIpc) is 2.82. The van der Waals surface area contributed by atoms with Gasteiger partial charge in [-0.2, -0.15) is 0 Å². The van der Waals surface area contributed by atoms with Gasteiger partial charge >= 0.3 is 0 Å². The van der Waals surface area contributed by atoms with E-state index in [1.54, 1.807) is 0 Å². The van der Waals surface area contributed by atoms with Crippen LogP contribution in [0.4, 0.5) is 0 Å². The summed E-state index contributed by atoms with van der Waals surface area (Å²) in [6, 6.07) is 17.1. The van der Waals surface area contributed by atoms with Crippen molar-refractivity contribution in [3.8, 4) is 0 Å². The van der Waals surface area contributed by atoms with E-state index < -0.39 is 0 Å². The van der Waals surface area contributed by atoms with E-state index in [-0.39, 0.29) is 0 Å². The van der Waals surface area contributed by atoms with E-state index in [1.807, 2.05) is 6.07 Å². The van der Waals surface area contributed by atoms with Gasteiger partial charge in [0, 0.05) is 24.8 Å². The van der Waals surface area contributed by atoms with E-state index >= 15 is 0 Å². The van der Waals surface area contributed by atoms with Crippen LogP contribution < -0.4 is 5.73 Å². The molecular weight excluding hydrogens is 232 g/mol. The fourth-order valence-corrected chi connectivity index (χ4v) is 2.53. The maximum atomic E-state index is 5.81.